The van der Waals surface area contributed by atoms with Crippen molar-refractivity contribution in [3.63, 3.8) is 0 Å². The predicted molar refractivity (Wildman–Crippen MR) is 67.0 cm³/mol. The molecule has 0 radical (unpaired) electrons. The summed E-state index contributed by atoms with van der Waals surface area (Å²) in [5, 5.41) is 9.22. The number of hydrogen-bond acceptors (Lipinski definition) is 3. The number of pyridine rings is 1. The van der Waals surface area contributed by atoms with E-state index in [2.05, 4.69) is 29.8 Å². The van der Waals surface area contributed by atoms with E-state index in [0.717, 1.165) is 26.1 Å². The summed E-state index contributed by atoms with van der Waals surface area (Å²) in [6, 6.07) is 6.54. The molecule has 1 aliphatic heterocycles. The second kappa shape index (κ2) is 4.85. The quantitative estimate of drug-likeness (QED) is 0.782. The average Bonchev–Trinajstić information content (AvgIpc) is 2.33. The molecule has 0 aliphatic carbocycles. The van der Waals surface area contributed by atoms with Crippen LogP contribution in [0, 0.1) is 22.7 Å². The first-order valence-corrected chi connectivity index (χ1v) is 6.13. The highest BCUT2D eigenvalue weighted by atomic mass is 15.1. The minimum Gasteiger partial charge on any atom is -0.298 e. The molecule has 0 saturated carbocycles. The Kier molecular flexibility index (Phi) is 3.44. The van der Waals surface area contributed by atoms with Crippen LogP contribution in [0.2, 0.25) is 0 Å². The Morgan fingerprint density at radius 1 is 1.47 bits per heavy atom. The van der Waals surface area contributed by atoms with Crippen molar-refractivity contribution in [3.05, 3.63) is 30.1 Å². The maximum atomic E-state index is 9.22. The molecule has 1 fully saturated rings. The monoisotopic (exact) mass is 229 g/mol. The van der Waals surface area contributed by atoms with Crippen LogP contribution in [0.25, 0.3) is 0 Å². The van der Waals surface area contributed by atoms with Gasteiger partial charge in [-0.15, -0.1) is 0 Å². The molecule has 2 heterocycles. The zero-order valence-electron chi connectivity index (χ0n) is 10.6. The van der Waals surface area contributed by atoms with E-state index in [1.165, 1.54) is 5.56 Å². The first-order valence-electron chi connectivity index (χ1n) is 6.13. The molecule has 0 spiro atoms. The van der Waals surface area contributed by atoms with Crippen molar-refractivity contribution < 1.29 is 0 Å². The van der Waals surface area contributed by atoms with Crippen LogP contribution in [0.3, 0.4) is 0 Å². The summed E-state index contributed by atoms with van der Waals surface area (Å²) in [6.45, 7) is 7.28. The highest BCUT2D eigenvalue weighted by Crippen LogP contribution is 2.35. The summed E-state index contributed by atoms with van der Waals surface area (Å²) in [6.07, 6.45) is 4.74. The lowest BCUT2D eigenvalue weighted by atomic mass is 9.74. The molecule has 1 aliphatic rings. The minimum absolute atomic E-state index is 0.137. The maximum absolute atomic E-state index is 9.22. The highest BCUT2D eigenvalue weighted by Gasteiger charge is 2.35. The molecule has 1 aromatic rings. The van der Waals surface area contributed by atoms with Gasteiger partial charge in [-0.3, -0.25) is 9.88 Å². The average molecular weight is 229 g/mol. The van der Waals surface area contributed by atoms with E-state index < -0.39 is 0 Å². The number of nitrogens with zero attached hydrogens (tertiary/aromatic N) is 3. The van der Waals surface area contributed by atoms with Crippen LogP contribution in [0.4, 0.5) is 0 Å². The smallest absolute Gasteiger partial charge is 0.0674 e. The molecule has 1 unspecified atom stereocenters. The van der Waals surface area contributed by atoms with Gasteiger partial charge in [0.05, 0.1) is 12.0 Å². The van der Waals surface area contributed by atoms with E-state index in [-0.39, 0.29) is 11.3 Å². The van der Waals surface area contributed by atoms with E-state index in [4.69, 9.17) is 0 Å². The van der Waals surface area contributed by atoms with Crippen LogP contribution in [0.5, 0.6) is 0 Å². The van der Waals surface area contributed by atoms with Crippen molar-refractivity contribution in [3.8, 4) is 6.07 Å². The topological polar surface area (TPSA) is 39.9 Å². The lowest BCUT2D eigenvalue weighted by Crippen LogP contribution is -2.43. The van der Waals surface area contributed by atoms with Gasteiger partial charge in [0.25, 0.3) is 0 Å². The van der Waals surface area contributed by atoms with Crippen molar-refractivity contribution in [2.45, 2.75) is 26.8 Å². The molecule has 3 nitrogen and oxygen atoms in total. The lowest BCUT2D eigenvalue weighted by Gasteiger charge is -2.40. The van der Waals surface area contributed by atoms with Gasteiger partial charge < -0.3 is 0 Å². The first kappa shape index (κ1) is 12.1. The van der Waals surface area contributed by atoms with E-state index in [1.807, 2.05) is 24.5 Å². The van der Waals surface area contributed by atoms with Crippen LogP contribution >= 0.6 is 0 Å². The van der Waals surface area contributed by atoms with Crippen molar-refractivity contribution >= 4 is 0 Å². The molecular weight excluding hydrogens is 210 g/mol. The zero-order chi connectivity index (χ0) is 12.3. The number of likely N-dealkylation sites (tertiary alicyclic amines) is 1. The van der Waals surface area contributed by atoms with Crippen LogP contribution < -0.4 is 0 Å². The van der Waals surface area contributed by atoms with Gasteiger partial charge in [0, 0.05) is 25.5 Å². The number of nitriles is 1. The molecule has 0 amide bonds. The Morgan fingerprint density at radius 3 is 2.82 bits per heavy atom. The first-order chi connectivity index (χ1) is 8.12. The third kappa shape index (κ3) is 2.83. The number of aromatic nitrogens is 1. The second-order valence-electron chi connectivity index (χ2n) is 5.51. The Balaban J connectivity index is 1.99. The van der Waals surface area contributed by atoms with Gasteiger partial charge in [-0.2, -0.15) is 5.26 Å². The van der Waals surface area contributed by atoms with Gasteiger partial charge >= 0.3 is 0 Å². The van der Waals surface area contributed by atoms with Crippen LogP contribution in [0.15, 0.2) is 24.5 Å². The Labute approximate surface area is 103 Å². The van der Waals surface area contributed by atoms with Gasteiger partial charge in [-0.25, -0.2) is 0 Å². The van der Waals surface area contributed by atoms with Gasteiger partial charge in [-0.05, 0) is 36.1 Å². The fourth-order valence-electron chi connectivity index (χ4n) is 2.32. The maximum Gasteiger partial charge on any atom is 0.0674 e. The fourth-order valence-corrected chi connectivity index (χ4v) is 2.32. The highest BCUT2D eigenvalue weighted by molar-refractivity contribution is 5.10. The van der Waals surface area contributed by atoms with Crippen molar-refractivity contribution in [2.24, 2.45) is 11.3 Å². The summed E-state index contributed by atoms with van der Waals surface area (Å²) >= 11 is 0. The standard InChI is InChI=1S/C14H19N3/c1-14(2)5-8-17(11-13(14)9-15)10-12-3-6-16-7-4-12/h3-4,6-7,13H,5,8,10-11H2,1-2H3. The summed E-state index contributed by atoms with van der Waals surface area (Å²) in [5.74, 6) is 0.137. The molecule has 1 saturated heterocycles. The van der Waals surface area contributed by atoms with Gasteiger partial charge in [-0.1, -0.05) is 13.8 Å². The van der Waals surface area contributed by atoms with E-state index >= 15 is 0 Å². The summed E-state index contributed by atoms with van der Waals surface area (Å²) < 4.78 is 0. The van der Waals surface area contributed by atoms with Crippen LogP contribution in [-0.4, -0.2) is 23.0 Å². The third-order valence-corrected chi connectivity index (χ3v) is 3.77. The van der Waals surface area contributed by atoms with E-state index in [9.17, 15) is 5.26 Å². The minimum atomic E-state index is 0.137. The van der Waals surface area contributed by atoms with Gasteiger partial charge in [0.1, 0.15) is 0 Å². The molecule has 0 N–H and O–H groups in total. The van der Waals surface area contributed by atoms with Crippen LogP contribution in [0.1, 0.15) is 25.8 Å². The zero-order valence-corrected chi connectivity index (χ0v) is 10.6. The molecular formula is C14H19N3. The molecule has 90 valence electrons. The van der Waals surface area contributed by atoms with Gasteiger partial charge in [0.15, 0.2) is 0 Å². The number of rotatable bonds is 2. The Hall–Kier alpha value is -1.40. The largest absolute Gasteiger partial charge is 0.298 e. The molecule has 0 aromatic carbocycles. The molecule has 0 bridgehead atoms. The Bertz CT molecular complexity index is 405. The number of piperidine rings is 1. The van der Waals surface area contributed by atoms with Crippen molar-refractivity contribution in [1.29, 1.82) is 5.26 Å². The van der Waals surface area contributed by atoms with E-state index in [1.54, 1.807) is 0 Å². The third-order valence-electron chi connectivity index (χ3n) is 3.77. The fraction of sp³-hybridized carbons (Fsp3) is 0.571. The molecule has 2 rings (SSSR count). The summed E-state index contributed by atoms with van der Waals surface area (Å²) in [4.78, 5) is 6.39. The van der Waals surface area contributed by atoms with Crippen molar-refractivity contribution in [1.82, 2.24) is 9.88 Å². The van der Waals surface area contributed by atoms with Crippen LogP contribution in [-0.2, 0) is 6.54 Å². The summed E-state index contributed by atoms with van der Waals surface area (Å²) in [5.41, 5.74) is 1.43. The van der Waals surface area contributed by atoms with Gasteiger partial charge in [0.2, 0.25) is 0 Å². The molecule has 1 atom stereocenters. The predicted octanol–water partition coefficient (Wildman–Crippen LogP) is 2.45. The molecule has 3 heteroatoms. The molecule has 1 aromatic heterocycles. The Morgan fingerprint density at radius 2 is 2.18 bits per heavy atom. The number of hydrogen-bond donors (Lipinski definition) is 0. The normalized spacial score (nSPS) is 24.2. The van der Waals surface area contributed by atoms with Crippen molar-refractivity contribution in [2.75, 3.05) is 13.1 Å². The second-order valence-corrected chi connectivity index (χ2v) is 5.51. The lowest BCUT2D eigenvalue weighted by molar-refractivity contribution is 0.0860. The van der Waals surface area contributed by atoms with E-state index in [0.29, 0.717) is 0 Å². The summed E-state index contributed by atoms with van der Waals surface area (Å²) in [7, 11) is 0. The SMILES string of the molecule is CC1(C)CCN(Cc2ccncc2)CC1C#N. The molecule has 17 heavy (non-hydrogen) atoms.